The lowest BCUT2D eigenvalue weighted by molar-refractivity contribution is -0.174. The van der Waals surface area contributed by atoms with Crippen molar-refractivity contribution in [1.29, 1.82) is 0 Å². The summed E-state index contributed by atoms with van der Waals surface area (Å²) in [6.45, 7) is 5.62. The summed E-state index contributed by atoms with van der Waals surface area (Å²) in [4.78, 5) is 37.4. The SMILES string of the molecule is CC(=O)OC1(C)[C@@H](c2cccc(C(=O)O)c2C)OC(n2cnc3c(NC4CCCCCC4)ncnc32)[C@]1(C)F. The van der Waals surface area contributed by atoms with Crippen LogP contribution in [0.4, 0.5) is 10.2 Å². The van der Waals surface area contributed by atoms with Gasteiger partial charge < -0.3 is 19.9 Å². The van der Waals surface area contributed by atoms with Crippen molar-refractivity contribution in [3.63, 3.8) is 0 Å². The van der Waals surface area contributed by atoms with E-state index in [2.05, 4.69) is 20.3 Å². The fourth-order valence-corrected chi connectivity index (χ4v) is 5.95. The van der Waals surface area contributed by atoms with Crippen LogP contribution >= 0.6 is 0 Å². The number of esters is 1. The molecular formula is C28H34FN5O5. The van der Waals surface area contributed by atoms with Gasteiger partial charge in [-0.25, -0.2) is 24.1 Å². The number of rotatable bonds is 6. The average Bonchev–Trinajstić information content (AvgIpc) is 3.23. The van der Waals surface area contributed by atoms with Gasteiger partial charge in [-0.1, -0.05) is 37.8 Å². The molecule has 2 unspecified atom stereocenters. The Balaban J connectivity index is 1.57. The minimum absolute atomic E-state index is 0.0559. The number of hydrogen-bond acceptors (Lipinski definition) is 8. The van der Waals surface area contributed by atoms with Crippen LogP contribution < -0.4 is 5.32 Å². The average molecular weight is 540 g/mol. The van der Waals surface area contributed by atoms with Crippen LogP contribution in [0, 0.1) is 6.92 Å². The molecule has 1 saturated heterocycles. The molecule has 1 aliphatic carbocycles. The molecule has 1 aromatic carbocycles. The lowest BCUT2D eigenvalue weighted by Gasteiger charge is -2.37. The summed E-state index contributed by atoms with van der Waals surface area (Å²) in [5, 5.41) is 13.2. The third kappa shape index (κ3) is 4.62. The van der Waals surface area contributed by atoms with Gasteiger partial charge in [0.15, 0.2) is 34.5 Å². The first-order valence-electron chi connectivity index (χ1n) is 13.4. The van der Waals surface area contributed by atoms with Crippen molar-refractivity contribution in [1.82, 2.24) is 19.5 Å². The van der Waals surface area contributed by atoms with E-state index in [1.165, 1.54) is 56.9 Å². The molecule has 1 aliphatic heterocycles. The Kier molecular flexibility index (Phi) is 7.04. The molecule has 0 bridgehead atoms. The molecular weight excluding hydrogens is 505 g/mol. The molecule has 39 heavy (non-hydrogen) atoms. The second-order valence-electron chi connectivity index (χ2n) is 10.8. The predicted molar refractivity (Wildman–Crippen MR) is 141 cm³/mol. The van der Waals surface area contributed by atoms with Gasteiger partial charge in [0.2, 0.25) is 0 Å². The highest BCUT2D eigenvalue weighted by Crippen LogP contribution is 2.57. The van der Waals surface area contributed by atoms with Crippen molar-refractivity contribution in [3.8, 4) is 0 Å². The van der Waals surface area contributed by atoms with Gasteiger partial charge in [-0.3, -0.25) is 9.36 Å². The van der Waals surface area contributed by atoms with E-state index < -0.39 is 35.5 Å². The Bertz CT molecular complexity index is 1400. The van der Waals surface area contributed by atoms with Crippen LogP contribution in [0.2, 0.25) is 0 Å². The standard InChI is InChI=1S/C28H34FN5O5/c1-16-19(12-9-13-20(16)25(36)37)22-28(4,39-17(2)35)27(3,29)26(38-22)34-15-32-21-23(30-14-31-24(21)34)33-18-10-7-5-6-8-11-18/h9,12-15,18,22,26H,5-8,10-11H2,1-4H3,(H,36,37)(H,30,31,33)/t22-,26?,27+,28?/m1/s1. The zero-order chi connectivity index (χ0) is 27.9. The number of hydrogen-bond donors (Lipinski definition) is 2. The van der Waals surface area contributed by atoms with Crippen LogP contribution in [-0.2, 0) is 14.3 Å². The summed E-state index contributed by atoms with van der Waals surface area (Å²) in [5.41, 5.74) is -2.32. The highest BCUT2D eigenvalue weighted by Gasteiger charge is 2.67. The number of anilines is 1. The van der Waals surface area contributed by atoms with Crippen molar-refractivity contribution < 1.29 is 28.6 Å². The second kappa shape index (κ2) is 10.2. The third-order valence-electron chi connectivity index (χ3n) is 8.25. The first-order chi connectivity index (χ1) is 18.5. The maximum Gasteiger partial charge on any atom is 0.335 e. The van der Waals surface area contributed by atoms with Crippen molar-refractivity contribution in [3.05, 3.63) is 47.5 Å². The molecule has 3 aromatic rings. The number of carboxylic acid groups (broad SMARTS) is 1. The van der Waals surface area contributed by atoms with Crippen molar-refractivity contribution >= 4 is 28.9 Å². The fraction of sp³-hybridized carbons (Fsp3) is 0.536. The van der Waals surface area contributed by atoms with E-state index in [4.69, 9.17) is 9.47 Å². The van der Waals surface area contributed by atoms with Gasteiger partial charge >= 0.3 is 11.9 Å². The number of carbonyl (C=O) groups is 2. The van der Waals surface area contributed by atoms with Crippen LogP contribution in [0.3, 0.4) is 0 Å². The maximum absolute atomic E-state index is 17.0. The summed E-state index contributed by atoms with van der Waals surface area (Å²) >= 11 is 0. The van der Waals surface area contributed by atoms with Crippen LogP contribution in [-0.4, -0.2) is 53.9 Å². The van der Waals surface area contributed by atoms with Gasteiger partial charge in [-0.15, -0.1) is 0 Å². The molecule has 4 atom stereocenters. The highest BCUT2D eigenvalue weighted by atomic mass is 19.1. The summed E-state index contributed by atoms with van der Waals surface area (Å²) < 4.78 is 30.5. The molecule has 2 fully saturated rings. The number of aromatic nitrogens is 4. The number of fused-ring (bicyclic) bond motifs is 1. The maximum atomic E-state index is 17.0. The summed E-state index contributed by atoms with van der Waals surface area (Å²) in [7, 11) is 0. The van der Waals surface area contributed by atoms with Gasteiger partial charge in [0.25, 0.3) is 0 Å². The number of alkyl halides is 1. The minimum Gasteiger partial charge on any atom is -0.478 e. The Morgan fingerprint density at radius 1 is 1.15 bits per heavy atom. The molecule has 0 amide bonds. The summed E-state index contributed by atoms with van der Waals surface area (Å²) in [6, 6.07) is 4.97. The number of carboxylic acids is 1. The Morgan fingerprint density at radius 3 is 2.54 bits per heavy atom. The number of nitrogens with one attached hydrogen (secondary N) is 1. The monoisotopic (exact) mass is 539 g/mol. The van der Waals surface area contributed by atoms with E-state index in [1.54, 1.807) is 19.1 Å². The van der Waals surface area contributed by atoms with Gasteiger partial charge in [0.05, 0.1) is 11.9 Å². The number of benzene rings is 1. The Morgan fingerprint density at radius 2 is 1.87 bits per heavy atom. The predicted octanol–water partition coefficient (Wildman–Crippen LogP) is 5.29. The van der Waals surface area contributed by atoms with E-state index in [0.717, 1.165) is 25.7 Å². The molecule has 2 N–H and O–H groups in total. The first kappa shape index (κ1) is 27.0. The van der Waals surface area contributed by atoms with E-state index in [-0.39, 0.29) is 11.6 Å². The first-order valence-corrected chi connectivity index (χ1v) is 13.4. The molecule has 5 rings (SSSR count). The minimum atomic E-state index is -2.26. The Hall–Kier alpha value is -3.60. The lowest BCUT2D eigenvalue weighted by atomic mass is 9.80. The molecule has 1 saturated carbocycles. The smallest absolute Gasteiger partial charge is 0.335 e. The van der Waals surface area contributed by atoms with Crippen LogP contribution in [0.1, 0.15) is 93.1 Å². The molecule has 2 aromatic heterocycles. The van der Waals surface area contributed by atoms with Gasteiger partial charge in [0.1, 0.15) is 12.4 Å². The molecule has 11 heteroatoms. The largest absolute Gasteiger partial charge is 0.478 e. The van der Waals surface area contributed by atoms with Crippen molar-refractivity contribution in [2.24, 2.45) is 0 Å². The molecule has 2 aliphatic rings. The molecule has 208 valence electrons. The van der Waals surface area contributed by atoms with E-state index in [1.807, 2.05) is 0 Å². The van der Waals surface area contributed by atoms with Crippen molar-refractivity contribution in [2.75, 3.05) is 5.32 Å². The summed E-state index contributed by atoms with van der Waals surface area (Å²) in [5.74, 6) is -1.23. The fourth-order valence-electron chi connectivity index (χ4n) is 5.95. The van der Waals surface area contributed by atoms with Crippen molar-refractivity contribution in [2.45, 2.75) is 95.9 Å². The number of nitrogens with zero attached hydrogens (tertiary/aromatic N) is 4. The number of aromatic carboxylic acids is 1. The van der Waals surface area contributed by atoms with E-state index in [9.17, 15) is 14.7 Å². The van der Waals surface area contributed by atoms with Gasteiger partial charge in [0, 0.05) is 13.0 Å². The molecule has 0 spiro atoms. The zero-order valence-corrected chi connectivity index (χ0v) is 22.6. The van der Waals surface area contributed by atoms with Gasteiger partial charge in [-0.05, 0) is 50.8 Å². The number of imidazole rings is 1. The third-order valence-corrected chi connectivity index (χ3v) is 8.25. The quantitative estimate of drug-likeness (QED) is 0.317. The van der Waals surface area contributed by atoms with Crippen LogP contribution in [0.15, 0.2) is 30.9 Å². The van der Waals surface area contributed by atoms with Crippen LogP contribution in [0.5, 0.6) is 0 Å². The normalized spacial score (nSPS) is 27.8. The van der Waals surface area contributed by atoms with Gasteiger partial charge in [-0.2, -0.15) is 0 Å². The number of halogens is 1. The highest BCUT2D eigenvalue weighted by molar-refractivity contribution is 5.89. The van der Waals surface area contributed by atoms with E-state index in [0.29, 0.717) is 28.1 Å². The zero-order valence-electron chi connectivity index (χ0n) is 22.6. The second-order valence-corrected chi connectivity index (χ2v) is 10.8. The Labute approximate surface area is 226 Å². The number of ether oxygens (including phenoxy) is 2. The van der Waals surface area contributed by atoms with E-state index >= 15 is 4.39 Å². The molecule has 3 heterocycles. The molecule has 0 radical (unpaired) electrons. The lowest BCUT2D eigenvalue weighted by Crippen LogP contribution is -2.51. The number of carbonyl (C=O) groups excluding carboxylic acids is 1. The molecule has 10 nitrogen and oxygen atoms in total. The summed E-state index contributed by atoms with van der Waals surface area (Å²) in [6.07, 6.45) is 7.28. The topological polar surface area (TPSA) is 128 Å². The van der Waals surface area contributed by atoms with Crippen LogP contribution in [0.25, 0.3) is 11.2 Å².